The van der Waals surface area contributed by atoms with Crippen molar-refractivity contribution in [2.24, 2.45) is 0 Å². The van der Waals surface area contributed by atoms with Crippen LogP contribution in [0, 0.1) is 15.9 Å². The van der Waals surface area contributed by atoms with Crippen LogP contribution in [0.2, 0.25) is 0 Å². The smallest absolute Gasteiger partial charge is 0.271 e. The lowest BCUT2D eigenvalue weighted by Crippen LogP contribution is -2.48. The summed E-state index contributed by atoms with van der Waals surface area (Å²) < 4.78 is 24.2. The molecule has 1 atom stereocenters. The van der Waals surface area contributed by atoms with Gasteiger partial charge in [-0.15, -0.1) is 0 Å². The fraction of sp³-hybridized carbons (Fsp3) is 0.364. The fourth-order valence-corrected chi connectivity index (χ4v) is 3.92. The van der Waals surface area contributed by atoms with E-state index in [1.807, 2.05) is 0 Å². The highest BCUT2D eigenvalue weighted by atomic mass is 19.1. The minimum Gasteiger partial charge on any atom is -0.482 e. The van der Waals surface area contributed by atoms with E-state index >= 15 is 0 Å². The average molecular weight is 458 g/mol. The highest BCUT2D eigenvalue weighted by molar-refractivity contribution is 6.02. The van der Waals surface area contributed by atoms with Gasteiger partial charge in [-0.2, -0.15) is 0 Å². The van der Waals surface area contributed by atoms with Crippen LogP contribution in [0.4, 0.5) is 15.8 Å². The molecule has 4 rings (SSSR count). The standard InChI is InChI=1S/C22H23FN4O6/c23-16-3-1-15(2-4-16)19(25-7-9-32-10-8-25)12-24-21(28)13-26-18-11-17(27(30)31)5-6-20(18)33-14-22(26)29/h1-6,11,19H,7-10,12-14H2,(H,24,28). The molecule has 33 heavy (non-hydrogen) atoms. The number of benzene rings is 2. The number of hydrogen-bond donors (Lipinski definition) is 1. The molecule has 2 amide bonds. The Morgan fingerprint density at radius 3 is 2.61 bits per heavy atom. The lowest BCUT2D eigenvalue weighted by Gasteiger charge is -2.35. The third-order valence-electron chi connectivity index (χ3n) is 5.63. The number of ether oxygens (including phenoxy) is 2. The summed E-state index contributed by atoms with van der Waals surface area (Å²) in [6.07, 6.45) is 0. The van der Waals surface area contributed by atoms with Crippen molar-refractivity contribution in [2.75, 3.05) is 50.9 Å². The van der Waals surface area contributed by atoms with E-state index in [1.54, 1.807) is 12.1 Å². The molecule has 1 saturated heterocycles. The molecule has 0 saturated carbocycles. The summed E-state index contributed by atoms with van der Waals surface area (Å²) in [5.74, 6) is -0.947. The summed E-state index contributed by atoms with van der Waals surface area (Å²) >= 11 is 0. The van der Waals surface area contributed by atoms with Gasteiger partial charge in [0, 0.05) is 31.8 Å². The minimum absolute atomic E-state index is 0.180. The van der Waals surface area contributed by atoms with Gasteiger partial charge in [-0.05, 0) is 23.8 Å². The van der Waals surface area contributed by atoms with Crippen LogP contribution < -0.4 is 15.0 Å². The zero-order valence-corrected chi connectivity index (χ0v) is 17.7. The zero-order valence-electron chi connectivity index (χ0n) is 17.7. The van der Waals surface area contributed by atoms with Crippen molar-refractivity contribution in [3.8, 4) is 5.75 Å². The molecule has 1 fully saturated rings. The number of amides is 2. The predicted molar refractivity (Wildman–Crippen MR) is 115 cm³/mol. The van der Waals surface area contributed by atoms with E-state index in [0.717, 1.165) is 5.56 Å². The molecular formula is C22H23FN4O6. The molecule has 1 unspecified atom stereocenters. The van der Waals surface area contributed by atoms with Gasteiger partial charge in [0.05, 0.1) is 29.9 Å². The number of halogens is 1. The Labute approximate surface area is 189 Å². The van der Waals surface area contributed by atoms with E-state index in [4.69, 9.17) is 9.47 Å². The van der Waals surface area contributed by atoms with Gasteiger partial charge in [-0.25, -0.2) is 4.39 Å². The van der Waals surface area contributed by atoms with Crippen molar-refractivity contribution < 1.29 is 28.4 Å². The second-order valence-corrected chi connectivity index (χ2v) is 7.70. The number of carbonyl (C=O) groups excluding carboxylic acids is 2. The molecule has 2 aromatic rings. The van der Waals surface area contributed by atoms with E-state index in [2.05, 4.69) is 10.2 Å². The first-order valence-electron chi connectivity index (χ1n) is 10.5. The summed E-state index contributed by atoms with van der Waals surface area (Å²) in [7, 11) is 0. The summed E-state index contributed by atoms with van der Waals surface area (Å²) in [6, 6.07) is 9.82. The monoisotopic (exact) mass is 458 g/mol. The van der Waals surface area contributed by atoms with Crippen molar-refractivity contribution in [1.82, 2.24) is 10.2 Å². The molecule has 1 N–H and O–H groups in total. The number of non-ortho nitro benzene ring substituents is 1. The van der Waals surface area contributed by atoms with Crippen LogP contribution in [0.15, 0.2) is 42.5 Å². The molecular weight excluding hydrogens is 435 g/mol. The number of anilines is 1. The molecule has 0 bridgehead atoms. The van der Waals surface area contributed by atoms with E-state index < -0.39 is 16.7 Å². The van der Waals surface area contributed by atoms with Crippen molar-refractivity contribution in [2.45, 2.75) is 6.04 Å². The number of nitrogens with zero attached hydrogens (tertiary/aromatic N) is 3. The molecule has 2 aliphatic heterocycles. The molecule has 2 heterocycles. The van der Waals surface area contributed by atoms with Crippen LogP contribution in [0.3, 0.4) is 0 Å². The van der Waals surface area contributed by atoms with Gasteiger partial charge in [-0.1, -0.05) is 12.1 Å². The van der Waals surface area contributed by atoms with Crippen LogP contribution in [-0.4, -0.2) is 67.6 Å². The van der Waals surface area contributed by atoms with Crippen molar-refractivity contribution in [3.63, 3.8) is 0 Å². The first-order valence-corrected chi connectivity index (χ1v) is 10.5. The number of nitro benzene ring substituents is 1. The number of hydrogen-bond acceptors (Lipinski definition) is 7. The Morgan fingerprint density at radius 1 is 1.18 bits per heavy atom. The highest BCUT2D eigenvalue weighted by Crippen LogP contribution is 2.35. The van der Waals surface area contributed by atoms with Crippen LogP contribution in [0.1, 0.15) is 11.6 Å². The van der Waals surface area contributed by atoms with Crippen LogP contribution in [-0.2, 0) is 14.3 Å². The van der Waals surface area contributed by atoms with E-state index in [0.29, 0.717) is 32.1 Å². The molecule has 0 aliphatic carbocycles. The second-order valence-electron chi connectivity index (χ2n) is 7.70. The molecule has 2 aromatic carbocycles. The number of fused-ring (bicyclic) bond motifs is 1. The van der Waals surface area contributed by atoms with E-state index in [9.17, 15) is 24.1 Å². The summed E-state index contributed by atoms with van der Waals surface area (Å²) in [5, 5.41) is 14.0. The molecule has 10 nitrogen and oxygen atoms in total. The Balaban J connectivity index is 1.47. The maximum atomic E-state index is 13.4. The summed E-state index contributed by atoms with van der Waals surface area (Å²) in [6.45, 7) is 2.12. The quantitative estimate of drug-likeness (QED) is 0.496. The SMILES string of the molecule is O=C(CN1C(=O)COc2ccc([N+](=O)[O-])cc21)NCC(c1ccc(F)cc1)N1CCOCC1. The first kappa shape index (κ1) is 22.6. The average Bonchev–Trinajstić information content (AvgIpc) is 2.82. The lowest BCUT2D eigenvalue weighted by molar-refractivity contribution is -0.384. The van der Waals surface area contributed by atoms with Crippen LogP contribution in [0.25, 0.3) is 0 Å². The largest absolute Gasteiger partial charge is 0.482 e. The Morgan fingerprint density at radius 2 is 1.91 bits per heavy atom. The van der Waals surface area contributed by atoms with Crippen LogP contribution >= 0.6 is 0 Å². The van der Waals surface area contributed by atoms with Gasteiger partial charge in [0.1, 0.15) is 18.1 Å². The molecule has 174 valence electrons. The van der Waals surface area contributed by atoms with Gasteiger partial charge >= 0.3 is 0 Å². The van der Waals surface area contributed by atoms with Gasteiger partial charge in [0.25, 0.3) is 11.6 Å². The third kappa shape index (κ3) is 5.26. The topological polar surface area (TPSA) is 114 Å². The highest BCUT2D eigenvalue weighted by Gasteiger charge is 2.30. The van der Waals surface area contributed by atoms with Gasteiger partial charge in [0.2, 0.25) is 5.91 Å². The maximum absolute atomic E-state index is 13.4. The number of morpholine rings is 1. The minimum atomic E-state index is -0.576. The second kappa shape index (κ2) is 9.92. The Kier molecular flexibility index (Phi) is 6.80. The lowest BCUT2D eigenvalue weighted by atomic mass is 10.0. The van der Waals surface area contributed by atoms with Crippen LogP contribution in [0.5, 0.6) is 5.75 Å². The Bertz CT molecular complexity index is 1040. The van der Waals surface area contributed by atoms with Crippen molar-refractivity contribution >= 4 is 23.2 Å². The Hall–Kier alpha value is -3.57. The van der Waals surface area contributed by atoms with Gasteiger partial charge in [-0.3, -0.25) is 29.5 Å². The summed E-state index contributed by atoms with van der Waals surface area (Å²) in [4.78, 5) is 39.1. The number of nitrogens with one attached hydrogen (secondary N) is 1. The normalized spacial score (nSPS) is 17.1. The summed E-state index contributed by atoms with van der Waals surface area (Å²) in [5.41, 5.74) is 0.821. The van der Waals surface area contributed by atoms with Crippen molar-refractivity contribution in [3.05, 3.63) is 64.0 Å². The van der Waals surface area contributed by atoms with E-state index in [1.165, 1.54) is 35.2 Å². The zero-order chi connectivity index (χ0) is 23.4. The molecule has 11 heteroatoms. The maximum Gasteiger partial charge on any atom is 0.271 e. The van der Waals surface area contributed by atoms with Crippen molar-refractivity contribution in [1.29, 1.82) is 0 Å². The first-order chi connectivity index (χ1) is 15.9. The molecule has 0 radical (unpaired) electrons. The molecule has 0 aromatic heterocycles. The number of rotatable bonds is 7. The van der Waals surface area contributed by atoms with Gasteiger partial charge < -0.3 is 14.8 Å². The number of carbonyl (C=O) groups is 2. The fourth-order valence-electron chi connectivity index (χ4n) is 3.92. The third-order valence-corrected chi connectivity index (χ3v) is 5.63. The molecule has 0 spiro atoms. The van der Waals surface area contributed by atoms with E-state index in [-0.39, 0.29) is 42.9 Å². The number of nitro groups is 1. The predicted octanol–water partition coefficient (Wildman–Crippen LogP) is 1.65. The van der Waals surface area contributed by atoms with Gasteiger partial charge in [0.15, 0.2) is 6.61 Å². The molecule has 2 aliphatic rings.